The Labute approximate surface area is 105 Å². The number of carbonyl (C=O) groups excluding carboxylic acids is 2. The minimum Gasteiger partial charge on any atom is -0.504 e. The number of phenolic OH excluding ortho intramolecular Hbond substituents is 2. The quantitative estimate of drug-likeness (QED) is 0.351. The summed E-state index contributed by atoms with van der Waals surface area (Å²) >= 11 is 0. The molecule has 0 amide bonds. The van der Waals surface area contributed by atoms with Crippen molar-refractivity contribution in [1.82, 2.24) is 0 Å². The summed E-state index contributed by atoms with van der Waals surface area (Å²) < 4.78 is 4.87. The van der Waals surface area contributed by atoms with Crippen LogP contribution in [0.15, 0.2) is 12.1 Å². The molecule has 0 saturated heterocycles. The van der Waals surface area contributed by atoms with Gasteiger partial charge in [-0.05, 0) is 18.6 Å². The van der Waals surface area contributed by atoms with Gasteiger partial charge in [0.25, 0.3) is 0 Å². The third kappa shape index (κ3) is 3.76. The van der Waals surface area contributed by atoms with E-state index in [2.05, 4.69) is 0 Å². The van der Waals surface area contributed by atoms with E-state index in [9.17, 15) is 19.8 Å². The number of carbonyl (C=O) groups is 2. The molecule has 1 rings (SSSR count). The largest absolute Gasteiger partial charge is 0.504 e. The van der Waals surface area contributed by atoms with Crippen molar-refractivity contribution in [3.8, 4) is 17.2 Å². The van der Waals surface area contributed by atoms with E-state index in [1.54, 1.807) is 0 Å². The van der Waals surface area contributed by atoms with Gasteiger partial charge in [-0.2, -0.15) is 0 Å². The fourth-order valence-corrected chi connectivity index (χ4v) is 1.48. The average molecular weight is 252 g/mol. The molecule has 1 aromatic carbocycles. The van der Waals surface area contributed by atoms with Gasteiger partial charge in [0, 0.05) is 12.0 Å². The smallest absolute Gasteiger partial charge is 0.311 e. The number of esters is 1. The van der Waals surface area contributed by atoms with Crippen molar-refractivity contribution in [3.63, 3.8) is 0 Å². The molecule has 0 aliphatic carbocycles. The first-order valence-electron chi connectivity index (χ1n) is 5.80. The molecule has 98 valence electrons. The summed E-state index contributed by atoms with van der Waals surface area (Å²) in [5.41, 5.74) is 0.107. The molecular formula is C13H16O5. The first kappa shape index (κ1) is 14.0. The zero-order valence-corrected chi connectivity index (χ0v) is 10.2. The van der Waals surface area contributed by atoms with Gasteiger partial charge in [-0.25, -0.2) is 0 Å². The Morgan fingerprint density at radius 3 is 2.39 bits per heavy atom. The van der Waals surface area contributed by atoms with Crippen LogP contribution in [0.5, 0.6) is 17.2 Å². The molecule has 0 aliphatic heterocycles. The predicted octanol–water partition coefficient (Wildman–Crippen LogP) is 2.40. The second-order valence-electron chi connectivity index (χ2n) is 3.94. The molecule has 0 unspecified atom stereocenters. The molecule has 0 fully saturated rings. The van der Waals surface area contributed by atoms with Crippen molar-refractivity contribution >= 4 is 12.3 Å². The van der Waals surface area contributed by atoms with Crippen molar-refractivity contribution < 1.29 is 24.5 Å². The van der Waals surface area contributed by atoms with Gasteiger partial charge in [0.1, 0.15) is 6.29 Å². The summed E-state index contributed by atoms with van der Waals surface area (Å²) in [6.45, 7) is 2.02. The van der Waals surface area contributed by atoms with Crippen LogP contribution in [-0.2, 0) is 4.79 Å². The Balaban J connectivity index is 2.72. The van der Waals surface area contributed by atoms with E-state index in [4.69, 9.17) is 4.74 Å². The van der Waals surface area contributed by atoms with Gasteiger partial charge in [-0.1, -0.05) is 19.8 Å². The second-order valence-corrected chi connectivity index (χ2v) is 3.94. The van der Waals surface area contributed by atoms with Crippen LogP contribution in [0.2, 0.25) is 0 Å². The number of hydrogen-bond acceptors (Lipinski definition) is 5. The van der Waals surface area contributed by atoms with Crippen molar-refractivity contribution in [2.45, 2.75) is 32.6 Å². The fraction of sp³-hybridized carbons (Fsp3) is 0.385. The van der Waals surface area contributed by atoms with Gasteiger partial charge in [0.05, 0.1) is 0 Å². The molecule has 0 aromatic heterocycles. The zero-order chi connectivity index (χ0) is 13.5. The maximum Gasteiger partial charge on any atom is 0.311 e. The van der Waals surface area contributed by atoms with Crippen LogP contribution in [0, 0.1) is 0 Å². The lowest BCUT2D eigenvalue weighted by molar-refractivity contribution is -0.134. The highest BCUT2D eigenvalue weighted by Gasteiger charge is 2.15. The molecule has 5 heteroatoms. The molecular weight excluding hydrogens is 236 g/mol. The number of aldehydes is 1. The summed E-state index contributed by atoms with van der Waals surface area (Å²) in [6, 6.07) is 2.25. The molecule has 0 atom stereocenters. The van der Waals surface area contributed by atoms with E-state index < -0.39 is 17.5 Å². The lowest BCUT2D eigenvalue weighted by atomic mass is 10.2. The van der Waals surface area contributed by atoms with Crippen LogP contribution in [0.3, 0.4) is 0 Å². The third-order valence-electron chi connectivity index (χ3n) is 2.41. The Morgan fingerprint density at radius 2 is 1.89 bits per heavy atom. The number of hydrogen-bond donors (Lipinski definition) is 2. The van der Waals surface area contributed by atoms with E-state index in [-0.39, 0.29) is 17.7 Å². The van der Waals surface area contributed by atoms with Crippen LogP contribution >= 0.6 is 0 Å². The normalized spacial score (nSPS) is 10.1. The number of aromatic hydroxyl groups is 2. The Morgan fingerprint density at radius 1 is 1.28 bits per heavy atom. The monoisotopic (exact) mass is 252 g/mol. The van der Waals surface area contributed by atoms with E-state index in [0.29, 0.717) is 12.7 Å². The number of phenols is 2. The highest BCUT2D eigenvalue weighted by Crippen LogP contribution is 2.36. The van der Waals surface area contributed by atoms with Crippen LogP contribution in [-0.4, -0.2) is 22.5 Å². The van der Waals surface area contributed by atoms with Gasteiger partial charge in [0.15, 0.2) is 11.5 Å². The van der Waals surface area contributed by atoms with E-state index >= 15 is 0 Å². The predicted molar refractivity (Wildman–Crippen MR) is 64.9 cm³/mol. The third-order valence-corrected chi connectivity index (χ3v) is 2.41. The van der Waals surface area contributed by atoms with Crippen molar-refractivity contribution in [2.24, 2.45) is 0 Å². The molecule has 18 heavy (non-hydrogen) atoms. The van der Waals surface area contributed by atoms with Crippen LogP contribution < -0.4 is 4.74 Å². The molecule has 0 spiro atoms. The summed E-state index contributed by atoms with van der Waals surface area (Å²) in [5.74, 6) is -1.68. The SMILES string of the molecule is CCCCCC(=O)Oc1c(O)cc(C=O)cc1O. The summed E-state index contributed by atoms with van der Waals surface area (Å²) in [5, 5.41) is 19.1. The average Bonchev–Trinajstić information content (AvgIpc) is 2.34. The van der Waals surface area contributed by atoms with Gasteiger partial charge < -0.3 is 14.9 Å². The molecule has 1 aromatic rings. The number of rotatable bonds is 6. The van der Waals surface area contributed by atoms with E-state index in [0.717, 1.165) is 25.0 Å². The minimum atomic E-state index is -0.520. The summed E-state index contributed by atoms with van der Waals surface area (Å²) in [6.07, 6.45) is 3.30. The van der Waals surface area contributed by atoms with Gasteiger partial charge in [-0.3, -0.25) is 9.59 Å². The molecule has 0 heterocycles. The first-order chi connectivity index (χ1) is 8.58. The van der Waals surface area contributed by atoms with E-state index in [1.807, 2.05) is 6.92 Å². The summed E-state index contributed by atoms with van der Waals surface area (Å²) in [4.78, 5) is 21.9. The second kappa shape index (κ2) is 6.64. The first-order valence-corrected chi connectivity index (χ1v) is 5.80. The Hall–Kier alpha value is -2.04. The van der Waals surface area contributed by atoms with Crippen molar-refractivity contribution in [2.75, 3.05) is 0 Å². The minimum absolute atomic E-state index is 0.107. The lowest BCUT2D eigenvalue weighted by Gasteiger charge is -2.08. The maximum atomic E-state index is 11.4. The highest BCUT2D eigenvalue weighted by molar-refractivity contribution is 5.80. The molecule has 0 bridgehead atoms. The fourth-order valence-electron chi connectivity index (χ4n) is 1.48. The highest BCUT2D eigenvalue weighted by atomic mass is 16.5. The standard InChI is InChI=1S/C13H16O5/c1-2-3-4-5-12(17)18-13-10(15)6-9(8-14)7-11(13)16/h6-8,15-16H,2-5H2,1H3. The molecule has 2 N–H and O–H groups in total. The lowest BCUT2D eigenvalue weighted by Crippen LogP contribution is -2.08. The van der Waals surface area contributed by atoms with Gasteiger partial charge >= 0.3 is 5.97 Å². The van der Waals surface area contributed by atoms with Crippen molar-refractivity contribution in [3.05, 3.63) is 17.7 Å². The molecule has 0 saturated carbocycles. The topological polar surface area (TPSA) is 83.8 Å². The maximum absolute atomic E-state index is 11.4. The number of ether oxygens (including phenoxy) is 1. The van der Waals surface area contributed by atoms with Gasteiger partial charge in [0.2, 0.25) is 5.75 Å². The zero-order valence-electron chi connectivity index (χ0n) is 10.2. The summed E-state index contributed by atoms with van der Waals surface area (Å²) in [7, 11) is 0. The number of benzene rings is 1. The Bertz CT molecular complexity index is 416. The molecule has 0 radical (unpaired) electrons. The Kier molecular flexibility index (Phi) is 5.17. The molecule has 5 nitrogen and oxygen atoms in total. The van der Waals surface area contributed by atoms with Crippen LogP contribution in [0.4, 0.5) is 0 Å². The number of unbranched alkanes of at least 4 members (excludes halogenated alkanes) is 2. The van der Waals surface area contributed by atoms with E-state index in [1.165, 1.54) is 0 Å². The van der Waals surface area contributed by atoms with Crippen LogP contribution in [0.25, 0.3) is 0 Å². The van der Waals surface area contributed by atoms with Gasteiger partial charge in [-0.15, -0.1) is 0 Å². The van der Waals surface area contributed by atoms with Crippen molar-refractivity contribution in [1.29, 1.82) is 0 Å². The van der Waals surface area contributed by atoms with Crippen LogP contribution in [0.1, 0.15) is 43.0 Å². The molecule has 0 aliphatic rings.